The van der Waals surface area contributed by atoms with Crippen molar-refractivity contribution < 1.29 is 19.0 Å². The van der Waals surface area contributed by atoms with Crippen molar-refractivity contribution in [3.05, 3.63) is 47.5 Å². The molecule has 2 aromatic carbocycles. The van der Waals surface area contributed by atoms with E-state index >= 15 is 0 Å². The van der Waals surface area contributed by atoms with E-state index in [2.05, 4.69) is 6.07 Å². The second-order valence-corrected chi connectivity index (χ2v) is 6.86. The predicted octanol–water partition coefficient (Wildman–Crippen LogP) is 4.40. The normalized spacial score (nSPS) is 17.2. The summed E-state index contributed by atoms with van der Waals surface area (Å²) in [7, 11) is 3.08. The Hall–Kier alpha value is -2.49. The first kappa shape index (κ1) is 16.0. The first-order valence-corrected chi connectivity index (χ1v) is 8.73. The van der Waals surface area contributed by atoms with Crippen molar-refractivity contribution in [3.8, 4) is 22.6 Å². The van der Waals surface area contributed by atoms with Gasteiger partial charge in [-0.2, -0.15) is 0 Å². The van der Waals surface area contributed by atoms with E-state index < -0.39 is 0 Å². The molecule has 0 amide bonds. The molecular weight excluding hydrogens is 316 g/mol. The molecule has 0 atom stereocenters. The Morgan fingerprint density at radius 3 is 2.64 bits per heavy atom. The third-order valence-electron chi connectivity index (χ3n) is 5.37. The molecule has 1 spiro atoms. The van der Waals surface area contributed by atoms with Crippen LogP contribution in [0.1, 0.15) is 41.6 Å². The zero-order chi connectivity index (χ0) is 17.4. The van der Waals surface area contributed by atoms with Crippen LogP contribution in [0, 0.1) is 0 Å². The fourth-order valence-electron chi connectivity index (χ4n) is 4.13. The van der Waals surface area contributed by atoms with E-state index in [0.717, 1.165) is 41.9 Å². The lowest BCUT2D eigenvalue weighted by atomic mass is 9.90. The summed E-state index contributed by atoms with van der Waals surface area (Å²) in [6.07, 6.45) is 5.50. The summed E-state index contributed by atoms with van der Waals surface area (Å²) < 4.78 is 16.8. The maximum absolute atomic E-state index is 11.9. The molecule has 4 rings (SSSR count). The minimum atomic E-state index is -0.324. The monoisotopic (exact) mass is 338 g/mol. The number of methoxy groups -OCH3 is 2. The molecule has 25 heavy (non-hydrogen) atoms. The molecule has 4 nitrogen and oxygen atoms in total. The smallest absolute Gasteiger partial charge is 0.337 e. The van der Waals surface area contributed by atoms with Crippen molar-refractivity contribution in [3.63, 3.8) is 0 Å². The summed E-state index contributed by atoms with van der Waals surface area (Å²) in [5, 5.41) is 0. The van der Waals surface area contributed by atoms with Gasteiger partial charge in [-0.1, -0.05) is 18.2 Å². The summed E-state index contributed by atoms with van der Waals surface area (Å²) in [6.45, 7) is 0. The quantitative estimate of drug-likeness (QED) is 0.778. The van der Waals surface area contributed by atoms with Gasteiger partial charge in [0.25, 0.3) is 0 Å². The van der Waals surface area contributed by atoms with Gasteiger partial charge in [0.1, 0.15) is 5.60 Å². The first-order valence-electron chi connectivity index (χ1n) is 8.73. The Labute approximate surface area is 147 Å². The molecule has 1 aliphatic heterocycles. The second kappa shape index (κ2) is 6.10. The summed E-state index contributed by atoms with van der Waals surface area (Å²) in [4.78, 5) is 11.9. The third-order valence-corrected chi connectivity index (χ3v) is 5.37. The molecule has 0 aromatic heterocycles. The van der Waals surface area contributed by atoms with Crippen LogP contribution in [-0.2, 0) is 11.2 Å². The van der Waals surface area contributed by atoms with Crippen LogP contribution in [0.5, 0.6) is 11.5 Å². The van der Waals surface area contributed by atoms with E-state index in [-0.39, 0.29) is 11.6 Å². The fourth-order valence-corrected chi connectivity index (χ4v) is 4.13. The third kappa shape index (κ3) is 2.66. The highest BCUT2D eigenvalue weighted by molar-refractivity contribution is 5.91. The summed E-state index contributed by atoms with van der Waals surface area (Å²) >= 11 is 0. The number of rotatable bonds is 3. The van der Waals surface area contributed by atoms with Crippen molar-refractivity contribution in [1.29, 1.82) is 0 Å². The molecule has 2 aromatic rings. The van der Waals surface area contributed by atoms with Gasteiger partial charge in [0.15, 0.2) is 11.5 Å². The molecule has 1 fully saturated rings. The lowest BCUT2D eigenvalue weighted by molar-refractivity contribution is 0.0600. The van der Waals surface area contributed by atoms with Gasteiger partial charge in [-0.25, -0.2) is 4.79 Å². The van der Waals surface area contributed by atoms with Crippen molar-refractivity contribution in [2.75, 3.05) is 14.2 Å². The first-order chi connectivity index (χ1) is 12.2. The van der Waals surface area contributed by atoms with Gasteiger partial charge in [-0.15, -0.1) is 0 Å². The number of hydrogen-bond acceptors (Lipinski definition) is 4. The van der Waals surface area contributed by atoms with Gasteiger partial charge >= 0.3 is 5.97 Å². The average Bonchev–Trinajstić information content (AvgIpc) is 3.26. The van der Waals surface area contributed by atoms with Crippen LogP contribution in [-0.4, -0.2) is 25.8 Å². The van der Waals surface area contributed by atoms with Crippen LogP contribution in [0.25, 0.3) is 11.1 Å². The molecule has 0 radical (unpaired) electrons. The largest absolute Gasteiger partial charge is 0.493 e. The molecular formula is C21H22O4. The van der Waals surface area contributed by atoms with Gasteiger partial charge in [-0.05, 0) is 55.0 Å². The highest BCUT2D eigenvalue weighted by Crippen LogP contribution is 2.51. The molecule has 1 saturated carbocycles. The number of esters is 1. The molecule has 1 heterocycles. The topological polar surface area (TPSA) is 44.8 Å². The zero-order valence-corrected chi connectivity index (χ0v) is 14.6. The highest BCUT2D eigenvalue weighted by atomic mass is 16.5. The van der Waals surface area contributed by atoms with Crippen LogP contribution in [0.3, 0.4) is 0 Å². The lowest BCUT2D eigenvalue weighted by Crippen LogP contribution is -2.30. The van der Waals surface area contributed by atoms with Crippen molar-refractivity contribution in [1.82, 2.24) is 0 Å². The zero-order valence-electron chi connectivity index (χ0n) is 14.6. The molecule has 0 unspecified atom stereocenters. The van der Waals surface area contributed by atoms with Gasteiger partial charge in [0.2, 0.25) is 0 Å². The molecule has 0 saturated heterocycles. The maximum atomic E-state index is 11.9. The summed E-state index contributed by atoms with van der Waals surface area (Å²) in [5.74, 6) is 1.33. The molecule has 4 heteroatoms. The van der Waals surface area contributed by atoms with Gasteiger partial charge < -0.3 is 14.2 Å². The molecule has 0 bridgehead atoms. The predicted molar refractivity (Wildman–Crippen MR) is 95.3 cm³/mol. The number of benzene rings is 2. The Bertz CT molecular complexity index is 819. The van der Waals surface area contributed by atoms with Crippen molar-refractivity contribution in [2.24, 2.45) is 0 Å². The van der Waals surface area contributed by atoms with Gasteiger partial charge in [-0.3, -0.25) is 0 Å². The number of fused-ring (bicyclic) bond motifs is 1. The van der Waals surface area contributed by atoms with Crippen LogP contribution >= 0.6 is 0 Å². The van der Waals surface area contributed by atoms with Gasteiger partial charge in [0, 0.05) is 12.0 Å². The minimum Gasteiger partial charge on any atom is -0.493 e. The van der Waals surface area contributed by atoms with Crippen molar-refractivity contribution in [2.45, 2.75) is 37.7 Å². The minimum absolute atomic E-state index is 0.0777. The molecule has 130 valence electrons. The maximum Gasteiger partial charge on any atom is 0.337 e. The molecule has 0 N–H and O–H groups in total. The summed E-state index contributed by atoms with van der Waals surface area (Å²) in [5.41, 5.74) is 3.76. The van der Waals surface area contributed by atoms with Crippen LogP contribution in [0.2, 0.25) is 0 Å². The number of carbonyl (C=O) groups excluding carboxylic acids is 1. The van der Waals surface area contributed by atoms with E-state index in [1.54, 1.807) is 13.2 Å². The standard InChI is InChI=1S/C21H22O4/c1-23-18-9-8-16(14-6-5-7-15(12-14)20(22)24-2)17-13-21(25-19(17)18)10-3-4-11-21/h5-9,12H,3-4,10-11,13H2,1-2H3. The van der Waals surface area contributed by atoms with E-state index in [4.69, 9.17) is 14.2 Å². The van der Waals surface area contributed by atoms with Gasteiger partial charge in [0.05, 0.1) is 19.8 Å². The van der Waals surface area contributed by atoms with Crippen LogP contribution < -0.4 is 9.47 Å². The Balaban J connectivity index is 1.80. The Morgan fingerprint density at radius 1 is 1.12 bits per heavy atom. The SMILES string of the molecule is COC(=O)c1cccc(-c2ccc(OC)c3c2CC2(CCCC2)O3)c1. The van der Waals surface area contributed by atoms with E-state index in [1.165, 1.54) is 25.5 Å². The van der Waals surface area contributed by atoms with Crippen molar-refractivity contribution >= 4 is 5.97 Å². The summed E-state index contributed by atoms with van der Waals surface area (Å²) in [6, 6.07) is 11.6. The average molecular weight is 338 g/mol. The number of ether oxygens (including phenoxy) is 3. The van der Waals surface area contributed by atoms with Crippen LogP contribution in [0.4, 0.5) is 0 Å². The lowest BCUT2D eigenvalue weighted by Gasteiger charge is -2.22. The molecule has 2 aliphatic rings. The fraction of sp³-hybridized carbons (Fsp3) is 0.381. The van der Waals surface area contributed by atoms with E-state index in [9.17, 15) is 4.79 Å². The Morgan fingerprint density at radius 2 is 1.92 bits per heavy atom. The number of carbonyl (C=O) groups is 1. The van der Waals surface area contributed by atoms with E-state index in [0.29, 0.717) is 5.56 Å². The highest BCUT2D eigenvalue weighted by Gasteiger charge is 2.44. The molecule has 1 aliphatic carbocycles. The van der Waals surface area contributed by atoms with E-state index in [1.807, 2.05) is 24.3 Å². The van der Waals surface area contributed by atoms with Crippen LogP contribution in [0.15, 0.2) is 36.4 Å². The number of hydrogen-bond donors (Lipinski definition) is 0. The Kier molecular flexibility index (Phi) is 3.91. The second-order valence-electron chi connectivity index (χ2n) is 6.86.